The molecule has 0 saturated heterocycles. The largest absolute Gasteiger partial charge is 0.298 e. The first kappa shape index (κ1) is 8.74. The van der Waals surface area contributed by atoms with Crippen LogP contribution in [-0.2, 0) is 4.79 Å². The molecule has 2 saturated carbocycles. The molecule has 4 atom stereocenters. The van der Waals surface area contributed by atoms with Crippen LogP contribution in [0, 0.1) is 23.2 Å². The monoisotopic (exact) mass is 230 g/mol. The molecule has 3 unspecified atom stereocenters. The fourth-order valence-electron chi connectivity index (χ4n) is 2.91. The molecule has 0 bridgehead atoms. The van der Waals surface area contributed by atoms with E-state index < -0.39 is 0 Å². The van der Waals surface area contributed by atoms with Gasteiger partial charge in [0.05, 0.1) is 4.83 Å². The first-order valence-corrected chi connectivity index (χ1v) is 5.61. The van der Waals surface area contributed by atoms with Crippen molar-refractivity contribution < 1.29 is 4.79 Å². The van der Waals surface area contributed by atoms with Gasteiger partial charge >= 0.3 is 0 Å². The zero-order valence-corrected chi connectivity index (χ0v) is 9.39. The molecule has 0 aromatic carbocycles. The highest BCUT2D eigenvalue weighted by Crippen LogP contribution is 2.70. The molecule has 2 aliphatic carbocycles. The predicted octanol–water partition coefficient (Wildman–Crippen LogP) is 2.63. The number of carbonyl (C=O) groups is 1. The number of halogens is 1. The fourth-order valence-corrected chi connectivity index (χ4v) is 4.38. The number of fused-ring (bicyclic) bond motifs is 1. The number of rotatable bonds is 1. The van der Waals surface area contributed by atoms with Crippen molar-refractivity contribution in [2.75, 3.05) is 0 Å². The number of alkyl halides is 1. The molecule has 0 aromatic rings. The number of hydrogen-bond donors (Lipinski definition) is 0. The summed E-state index contributed by atoms with van der Waals surface area (Å²) in [7, 11) is 0. The van der Waals surface area contributed by atoms with Gasteiger partial charge in [0.1, 0.15) is 5.78 Å². The standard InChI is InChI=1S/C10H15BrO/c1-5(2)10-4-7(10)6(3)8(12)9(10)11/h5-7,9H,4H2,1-3H3/t6-,7?,9?,10?/m0/s1. The average Bonchev–Trinajstić information content (AvgIpc) is 2.71. The summed E-state index contributed by atoms with van der Waals surface area (Å²) in [6, 6.07) is 0. The molecule has 0 heterocycles. The van der Waals surface area contributed by atoms with Crippen LogP contribution in [0.3, 0.4) is 0 Å². The van der Waals surface area contributed by atoms with E-state index in [1.807, 2.05) is 0 Å². The highest BCUT2D eigenvalue weighted by molar-refractivity contribution is 9.10. The van der Waals surface area contributed by atoms with Crippen LogP contribution < -0.4 is 0 Å². The van der Waals surface area contributed by atoms with E-state index in [-0.39, 0.29) is 4.83 Å². The molecule has 0 spiro atoms. The summed E-state index contributed by atoms with van der Waals surface area (Å²) in [5.74, 6) is 2.05. The van der Waals surface area contributed by atoms with E-state index in [1.165, 1.54) is 6.42 Å². The lowest BCUT2D eigenvalue weighted by atomic mass is 9.90. The highest BCUT2D eigenvalue weighted by Gasteiger charge is 2.69. The summed E-state index contributed by atoms with van der Waals surface area (Å²) in [6.45, 7) is 6.55. The number of Topliss-reactive ketones (excluding diaryl/α,β-unsaturated/α-hetero) is 1. The molecule has 2 fully saturated rings. The Kier molecular flexibility index (Phi) is 1.70. The Balaban J connectivity index is 2.30. The number of carbonyl (C=O) groups excluding carboxylic acids is 1. The van der Waals surface area contributed by atoms with Crippen molar-refractivity contribution in [2.45, 2.75) is 32.0 Å². The van der Waals surface area contributed by atoms with Crippen molar-refractivity contribution in [3.8, 4) is 0 Å². The first-order chi connectivity index (χ1) is 5.51. The van der Waals surface area contributed by atoms with E-state index in [0.29, 0.717) is 29.0 Å². The van der Waals surface area contributed by atoms with Gasteiger partial charge in [0.25, 0.3) is 0 Å². The summed E-state index contributed by atoms with van der Waals surface area (Å²) < 4.78 is 0. The lowest BCUT2D eigenvalue weighted by molar-refractivity contribution is -0.121. The zero-order valence-electron chi connectivity index (χ0n) is 7.80. The predicted molar refractivity (Wildman–Crippen MR) is 52.3 cm³/mol. The molecular formula is C10H15BrO. The maximum Gasteiger partial charge on any atom is 0.150 e. The summed E-state index contributed by atoms with van der Waals surface area (Å²) in [5, 5.41) is 0. The van der Waals surface area contributed by atoms with Gasteiger partial charge in [-0.05, 0) is 23.7 Å². The Morgan fingerprint density at radius 3 is 2.42 bits per heavy atom. The van der Waals surface area contributed by atoms with Gasteiger partial charge in [0.15, 0.2) is 0 Å². The quantitative estimate of drug-likeness (QED) is 0.634. The van der Waals surface area contributed by atoms with Crippen LogP contribution in [0.1, 0.15) is 27.2 Å². The second-order valence-corrected chi connectivity index (χ2v) is 5.55. The number of hydrogen-bond acceptors (Lipinski definition) is 1. The minimum absolute atomic E-state index is 0.144. The molecule has 1 nitrogen and oxygen atoms in total. The van der Waals surface area contributed by atoms with Crippen LogP contribution in [0.2, 0.25) is 0 Å². The smallest absolute Gasteiger partial charge is 0.150 e. The van der Waals surface area contributed by atoms with Crippen molar-refractivity contribution in [3.05, 3.63) is 0 Å². The van der Waals surface area contributed by atoms with Gasteiger partial charge in [-0.15, -0.1) is 0 Å². The molecule has 12 heavy (non-hydrogen) atoms. The van der Waals surface area contributed by atoms with Gasteiger partial charge in [-0.3, -0.25) is 4.79 Å². The van der Waals surface area contributed by atoms with Gasteiger partial charge in [-0.1, -0.05) is 36.7 Å². The molecule has 68 valence electrons. The van der Waals surface area contributed by atoms with Crippen LogP contribution >= 0.6 is 15.9 Å². The second-order valence-electron chi connectivity index (χ2n) is 4.63. The van der Waals surface area contributed by atoms with Crippen LogP contribution in [0.4, 0.5) is 0 Å². The van der Waals surface area contributed by atoms with Crippen molar-refractivity contribution in [3.63, 3.8) is 0 Å². The molecule has 2 aliphatic rings. The minimum Gasteiger partial charge on any atom is -0.298 e. The maximum atomic E-state index is 11.6. The van der Waals surface area contributed by atoms with Crippen molar-refractivity contribution in [1.29, 1.82) is 0 Å². The Bertz CT molecular complexity index is 236. The number of ketones is 1. The molecule has 0 amide bonds. The van der Waals surface area contributed by atoms with Crippen LogP contribution in [0.5, 0.6) is 0 Å². The molecule has 0 N–H and O–H groups in total. The van der Waals surface area contributed by atoms with Gasteiger partial charge in [0.2, 0.25) is 0 Å². The molecule has 0 aromatic heterocycles. The average molecular weight is 231 g/mol. The molecular weight excluding hydrogens is 216 g/mol. The third-order valence-corrected chi connectivity index (χ3v) is 5.26. The topological polar surface area (TPSA) is 17.1 Å². The lowest BCUT2D eigenvalue weighted by Gasteiger charge is -2.20. The maximum absolute atomic E-state index is 11.6. The van der Waals surface area contributed by atoms with Crippen LogP contribution in [0.15, 0.2) is 0 Å². The van der Waals surface area contributed by atoms with Crippen molar-refractivity contribution >= 4 is 21.7 Å². The Hall–Kier alpha value is 0.150. The summed E-state index contributed by atoms with van der Waals surface area (Å²) in [6.07, 6.45) is 1.26. The third kappa shape index (κ3) is 0.773. The second kappa shape index (κ2) is 2.34. The summed E-state index contributed by atoms with van der Waals surface area (Å²) >= 11 is 3.56. The molecule has 2 heteroatoms. The third-order valence-electron chi connectivity index (χ3n) is 3.95. The van der Waals surface area contributed by atoms with Crippen molar-refractivity contribution in [1.82, 2.24) is 0 Å². The summed E-state index contributed by atoms with van der Waals surface area (Å²) in [5.41, 5.74) is 0.330. The van der Waals surface area contributed by atoms with Gasteiger partial charge in [-0.2, -0.15) is 0 Å². The Morgan fingerprint density at radius 1 is 1.58 bits per heavy atom. The van der Waals surface area contributed by atoms with Crippen LogP contribution in [0.25, 0.3) is 0 Å². The van der Waals surface area contributed by atoms with Gasteiger partial charge in [0, 0.05) is 5.92 Å². The molecule has 0 aliphatic heterocycles. The zero-order chi connectivity index (χ0) is 9.09. The normalized spacial score (nSPS) is 51.4. The SMILES string of the molecule is CC(C)C12CC1[C@H](C)C(=O)C2Br. The van der Waals surface area contributed by atoms with Gasteiger partial charge in [-0.25, -0.2) is 0 Å². The molecule has 0 radical (unpaired) electrons. The minimum atomic E-state index is 0.144. The van der Waals surface area contributed by atoms with E-state index in [2.05, 4.69) is 36.7 Å². The van der Waals surface area contributed by atoms with Crippen LogP contribution in [-0.4, -0.2) is 10.6 Å². The van der Waals surface area contributed by atoms with Gasteiger partial charge < -0.3 is 0 Å². The highest BCUT2D eigenvalue weighted by atomic mass is 79.9. The van der Waals surface area contributed by atoms with E-state index in [1.54, 1.807) is 0 Å². The van der Waals surface area contributed by atoms with E-state index in [9.17, 15) is 4.79 Å². The Labute approximate surface area is 82.0 Å². The van der Waals surface area contributed by atoms with Crippen molar-refractivity contribution in [2.24, 2.45) is 23.2 Å². The summed E-state index contributed by atoms with van der Waals surface area (Å²) in [4.78, 5) is 11.8. The lowest BCUT2D eigenvalue weighted by Crippen LogP contribution is -2.25. The first-order valence-electron chi connectivity index (χ1n) is 4.69. The van der Waals surface area contributed by atoms with E-state index in [4.69, 9.17) is 0 Å². The fraction of sp³-hybridized carbons (Fsp3) is 0.900. The molecule has 2 rings (SSSR count). The Morgan fingerprint density at radius 2 is 2.17 bits per heavy atom. The van der Waals surface area contributed by atoms with E-state index in [0.717, 1.165) is 0 Å². The van der Waals surface area contributed by atoms with E-state index >= 15 is 0 Å².